The van der Waals surface area contributed by atoms with E-state index >= 15 is 0 Å². The van der Waals surface area contributed by atoms with E-state index in [0.717, 1.165) is 18.8 Å². The molecule has 1 aromatic heterocycles. The number of rotatable bonds is 5. The standard InChI is InChI=1S/C15H17FN4O2S/c1-3-22-13(21)10(2)23-15-18-17-14-19(8-9-20(14)15)12-6-4-11(16)5-7-12/h4-7,10H,3,8-9H2,1-2H3. The fourth-order valence-corrected chi connectivity index (χ4v) is 3.26. The highest BCUT2D eigenvalue weighted by Gasteiger charge is 2.28. The van der Waals surface area contributed by atoms with Crippen molar-refractivity contribution in [1.82, 2.24) is 14.8 Å². The molecule has 0 saturated carbocycles. The molecule has 0 bridgehead atoms. The topological polar surface area (TPSA) is 60.2 Å². The normalized spacial score (nSPS) is 14.7. The van der Waals surface area contributed by atoms with Gasteiger partial charge < -0.3 is 9.64 Å². The molecule has 0 fully saturated rings. The van der Waals surface area contributed by atoms with E-state index in [0.29, 0.717) is 17.7 Å². The largest absolute Gasteiger partial charge is 0.465 e. The summed E-state index contributed by atoms with van der Waals surface area (Å²) in [6.07, 6.45) is 0. The first-order valence-electron chi connectivity index (χ1n) is 7.39. The van der Waals surface area contributed by atoms with Crippen LogP contribution in [0.5, 0.6) is 0 Å². The third kappa shape index (κ3) is 3.17. The van der Waals surface area contributed by atoms with Crippen LogP contribution in [0.3, 0.4) is 0 Å². The Bertz CT molecular complexity index is 704. The van der Waals surface area contributed by atoms with Crippen LogP contribution in [0.25, 0.3) is 0 Å². The van der Waals surface area contributed by atoms with E-state index in [1.54, 1.807) is 26.0 Å². The number of thioether (sulfide) groups is 1. The third-order valence-corrected chi connectivity index (χ3v) is 4.58. The van der Waals surface area contributed by atoms with Gasteiger partial charge in [0, 0.05) is 18.8 Å². The average molecular weight is 336 g/mol. The zero-order valence-electron chi connectivity index (χ0n) is 12.9. The predicted octanol–water partition coefficient (Wildman–Crippen LogP) is 2.61. The monoisotopic (exact) mass is 336 g/mol. The molecule has 1 unspecified atom stereocenters. The number of ether oxygens (including phenoxy) is 1. The van der Waals surface area contributed by atoms with Crippen molar-refractivity contribution in [3.05, 3.63) is 30.1 Å². The van der Waals surface area contributed by atoms with E-state index < -0.39 is 0 Å². The summed E-state index contributed by atoms with van der Waals surface area (Å²) in [4.78, 5) is 13.7. The first-order valence-corrected chi connectivity index (χ1v) is 8.27. The minimum Gasteiger partial charge on any atom is -0.465 e. The molecule has 0 radical (unpaired) electrons. The van der Waals surface area contributed by atoms with Crippen molar-refractivity contribution in [3.8, 4) is 0 Å². The molecule has 1 aromatic carbocycles. The van der Waals surface area contributed by atoms with Gasteiger partial charge in [-0.15, -0.1) is 10.2 Å². The second-order valence-corrected chi connectivity index (χ2v) is 6.38. The molecular weight excluding hydrogens is 319 g/mol. The number of hydrogen-bond donors (Lipinski definition) is 0. The molecule has 3 rings (SSSR count). The highest BCUT2D eigenvalue weighted by Crippen LogP contribution is 2.33. The molecule has 1 aliphatic heterocycles. The lowest BCUT2D eigenvalue weighted by atomic mass is 10.3. The van der Waals surface area contributed by atoms with Crippen molar-refractivity contribution >= 4 is 29.4 Å². The van der Waals surface area contributed by atoms with Gasteiger partial charge in [0.25, 0.3) is 0 Å². The lowest BCUT2D eigenvalue weighted by Crippen LogP contribution is -2.17. The van der Waals surface area contributed by atoms with Gasteiger partial charge in [0.1, 0.15) is 11.1 Å². The fourth-order valence-electron chi connectivity index (χ4n) is 2.39. The van der Waals surface area contributed by atoms with E-state index in [-0.39, 0.29) is 17.0 Å². The van der Waals surface area contributed by atoms with Gasteiger partial charge in [-0.3, -0.25) is 9.36 Å². The SMILES string of the molecule is CCOC(=O)C(C)Sc1nnc2n1CCN2c1ccc(F)cc1. The number of hydrogen-bond acceptors (Lipinski definition) is 6. The highest BCUT2D eigenvalue weighted by molar-refractivity contribution is 8.00. The van der Waals surface area contributed by atoms with Crippen molar-refractivity contribution in [2.45, 2.75) is 30.8 Å². The molecule has 0 saturated heterocycles. The first kappa shape index (κ1) is 15.8. The van der Waals surface area contributed by atoms with Crippen LogP contribution in [0.15, 0.2) is 29.4 Å². The fraction of sp³-hybridized carbons (Fsp3) is 0.400. The van der Waals surface area contributed by atoms with Crippen molar-refractivity contribution < 1.29 is 13.9 Å². The van der Waals surface area contributed by atoms with E-state index in [1.807, 2.05) is 9.47 Å². The second kappa shape index (κ2) is 6.57. The minimum atomic E-state index is -0.344. The average Bonchev–Trinajstić information content (AvgIpc) is 3.11. The van der Waals surface area contributed by atoms with Gasteiger partial charge >= 0.3 is 5.97 Å². The van der Waals surface area contributed by atoms with E-state index in [2.05, 4.69) is 10.2 Å². The summed E-state index contributed by atoms with van der Waals surface area (Å²) in [7, 11) is 0. The predicted molar refractivity (Wildman–Crippen MR) is 85.4 cm³/mol. The van der Waals surface area contributed by atoms with E-state index in [9.17, 15) is 9.18 Å². The summed E-state index contributed by atoms with van der Waals surface area (Å²) in [6, 6.07) is 6.28. The molecule has 122 valence electrons. The van der Waals surface area contributed by atoms with Crippen molar-refractivity contribution in [1.29, 1.82) is 0 Å². The number of fused-ring (bicyclic) bond motifs is 1. The maximum Gasteiger partial charge on any atom is 0.319 e. The van der Waals surface area contributed by atoms with Crippen LogP contribution < -0.4 is 4.90 Å². The van der Waals surface area contributed by atoms with Crippen LogP contribution in [-0.4, -0.2) is 39.1 Å². The molecule has 0 amide bonds. The maximum atomic E-state index is 13.1. The van der Waals surface area contributed by atoms with Gasteiger partial charge in [-0.1, -0.05) is 11.8 Å². The number of carbonyl (C=O) groups is 1. The molecule has 8 heteroatoms. The Kier molecular flexibility index (Phi) is 4.51. The molecule has 23 heavy (non-hydrogen) atoms. The van der Waals surface area contributed by atoms with Gasteiger partial charge in [-0.25, -0.2) is 4.39 Å². The lowest BCUT2D eigenvalue weighted by molar-refractivity contribution is -0.142. The highest BCUT2D eigenvalue weighted by atomic mass is 32.2. The van der Waals surface area contributed by atoms with Gasteiger partial charge in [0.05, 0.1) is 6.61 Å². The minimum absolute atomic E-state index is 0.261. The molecule has 0 spiro atoms. The Morgan fingerprint density at radius 3 is 2.78 bits per heavy atom. The molecule has 2 heterocycles. The summed E-state index contributed by atoms with van der Waals surface area (Å²) in [5.41, 5.74) is 0.868. The van der Waals surface area contributed by atoms with Crippen LogP contribution in [-0.2, 0) is 16.1 Å². The van der Waals surface area contributed by atoms with Crippen LogP contribution in [0, 0.1) is 5.82 Å². The Hall–Kier alpha value is -2.09. The Morgan fingerprint density at radius 1 is 1.35 bits per heavy atom. The van der Waals surface area contributed by atoms with Crippen LogP contribution in [0.1, 0.15) is 13.8 Å². The molecule has 6 nitrogen and oxygen atoms in total. The molecule has 0 aliphatic carbocycles. The Balaban J connectivity index is 1.77. The Labute approximate surface area is 137 Å². The van der Waals surface area contributed by atoms with Crippen molar-refractivity contribution in [2.75, 3.05) is 18.1 Å². The molecular formula is C15H17FN4O2S. The number of nitrogens with zero attached hydrogens (tertiary/aromatic N) is 4. The summed E-state index contributed by atoms with van der Waals surface area (Å²) >= 11 is 1.33. The zero-order valence-corrected chi connectivity index (χ0v) is 13.7. The van der Waals surface area contributed by atoms with Gasteiger partial charge in [0.2, 0.25) is 5.95 Å². The maximum absolute atomic E-state index is 13.1. The molecule has 2 aromatic rings. The number of aromatic nitrogens is 3. The van der Waals surface area contributed by atoms with E-state index in [1.165, 1.54) is 23.9 Å². The van der Waals surface area contributed by atoms with Gasteiger partial charge in [-0.05, 0) is 38.1 Å². The number of carbonyl (C=O) groups excluding carboxylic acids is 1. The lowest BCUT2D eigenvalue weighted by Gasteiger charge is -2.14. The van der Waals surface area contributed by atoms with E-state index in [4.69, 9.17) is 4.74 Å². The number of halogens is 1. The van der Waals surface area contributed by atoms with Gasteiger partial charge in [0.15, 0.2) is 5.16 Å². The molecule has 0 N–H and O–H groups in total. The van der Waals surface area contributed by atoms with Crippen LogP contribution in [0.4, 0.5) is 16.0 Å². The quantitative estimate of drug-likeness (QED) is 0.618. The molecule has 1 atom stereocenters. The Morgan fingerprint density at radius 2 is 2.09 bits per heavy atom. The van der Waals surface area contributed by atoms with Crippen molar-refractivity contribution in [3.63, 3.8) is 0 Å². The second-order valence-electron chi connectivity index (χ2n) is 5.07. The van der Waals surface area contributed by atoms with Crippen LogP contribution in [0.2, 0.25) is 0 Å². The smallest absolute Gasteiger partial charge is 0.319 e. The number of esters is 1. The van der Waals surface area contributed by atoms with Crippen molar-refractivity contribution in [2.24, 2.45) is 0 Å². The zero-order chi connectivity index (χ0) is 16.4. The summed E-state index contributed by atoms with van der Waals surface area (Å²) in [5.74, 6) is 0.173. The third-order valence-electron chi connectivity index (χ3n) is 3.52. The first-order chi connectivity index (χ1) is 11.1. The van der Waals surface area contributed by atoms with Crippen LogP contribution >= 0.6 is 11.8 Å². The molecule has 1 aliphatic rings. The summed E-state index contributed by atoms with van der Waals surface area (Å²) in [5, 5.41) is 8.71. The number of benzene rings is 1. The van der Waals surface area contributed by atoms with Gasteiger partial charge in [-0.2, -0.15) is 0 Å². The summed E-state index contributed by atoms with van der Waals surface area (Å²) in [6.45, 7) is 5.39. The summed E-state index contributed by atoms with van der Waals surface area (Å²) < 4.78 is 20.0. The number of anilines is 2.